The Balaban J connectivity index is 1.50. The second-order valence-corrected chi connectivity index (χ2v) is 9.33. The van der Waals surface area contributed by atoms with Crippen LogP contribution in [0.4, 0.5) is 0 Å². The summed E-state index contributed by atoms with van der Waals surface area (Å²) in [6.07, 6.45) is 8.24. The molecule has 0 unspecified atom stereocenters. The van der Waals surface area contributed by atoms with Gasteiger partial charge in [0, 0.05) is 31.0 Å². The number of aromatic nitrogens is 1. The van der Waals surface area contributed by atoms with Crippen LogP contribution in [0, 0.1) is 11.8 Å². The van der Waals surface area contributed by atoms with Crippen molar-refractivity contribution in [1.82, 2.24) is 14.6 Å². The summed E-state index contributed by atoms with van der Waals surface area (Å²) in [7, 11) is -3.21. The van der Waals surface area contributed by atoms with E-state index in [9.17, 15) is 13.2 Å². The molecule has 1 saturated heterocycles. The van der Waals surface area contributed by atoms with Crippen molar-refractivity contribution >= 4 is 15.9 Å². The molecule has 1 aliphatic heterocycles. The molecular formula is C17H23N3O3S. The van der Waals surface area contributed by atoms with Crippen LogP contribution in [-0.2, 0) is 22.9 Å². The lowest BCUT2D eigenvalue weighted by Gasteiger charge is -2.19. The smallest absolute Gasteiger partial charge is 0.253 e. The first-order chi connectivity index (χ1) is 11.4. The van der Waals surface area contributed by atoms with Crippen LogP contribution in [0.2, 0.25) is 0 Å². The normalized spacial score (nSPS) is 27.2. The van der Waals surface area contributed by atoms with Crippen LogP contribution in [0.3, 0.4) is 0 Å². The van der Waals surface area contributed by atoms with Gasteiger partial charge in [0.05, 0.1) is 11.8 Å². The van der Waals surface area contributed by atoms with E-state index in [0.29, 0.717) is 24.6 Å². The Labute approximate surface area is 142 Å². The Morgan fingerprint density at radius 3 is 2.79 bits per heavy atom. The molecule has 2 aliphatic carbocycles. The zero-order chi connectivity index (χ0) is 16.9. The predicted octanol–water partition coefficient (Wildman–Crippen LogP) is 0.970. The molecule has 0 bridgehead atoms. The van der Waals surface area contributed by atoms with E-state index >= 15 is 0 Å². The minimum Gasteiger partial charge on any atom is -0.348 e. The summed E-state index contributed by atoms with van der Waals surface area (Å²) < 4.78 is 25.2. The molecule has 130 valence electrons. The number of amides is 1. The number of carbonyl (C=O) groups is 1. The second-order valence-electron chi connectivity index (χ2n) is 7.34. The lowest BCUT2D eigenvalue weighted by molar-refractivity contribution is 0.0928. The van der Waals surface area contributed by atoms with E-state index in [1.165, 1.54) is 16.1 Å². The highest BCUT2D eigenvalue weighted by molar-refractivity contribution is 7.88. The summed E-state index contributed by atoms with van der Waals surface area (Å²) >= 11 is 0. The minimum absolute atomic E-state index is 0.104. The van der Waals surface area contributed by atoms with Crippen LogP contribution in [-0.4, -0.2) is 49.0 Å². The molecule has 1 saturated carbocycles. The molecule has 2 atom stereocenters. The summed E-state index contributed by atoms with van der Waals surface area (Å²) in [5, 5.41) is 3.07. The van der Waals surface area contributed by atoms with Crippen molar-refractivity contribution < 1.29 is 13.2 Å². The molecule has 1 aromatic heterocycles. The van der Waals surface area contributed by atoms with Gasteiger partial charge >= 0.3 is 0 Å². The average Bonchev–Trinajstić information content (AvgIpc) is 3.09. The van der Waals surface area contributed by atoms with Crippen molar-refractivity contribution in [3.8, 4) is 0 Å². The minimum atomic E-state index is -3.21. The zero-order valence-electron chi connectivity index (χ0n) is 13.9. The second kappa shape index (κ2) is 5.81. The standard InChI is InChI=1S/C17H23N3O3S/c1-24(22,23)20-9-14(11-5-6-11)16(10-20)19-17(21)13-7-12-3-2-4-15(12)18-8-13/h7-8,11,14,16H,2-6,9-10H2,1H3,(H,19,21)/t14-,16+/m1/s1. The lowest BCUT2D eigenvalue weighted by atomic mass is 9.98. The summed E-state index contributed by atoms with van der Waals surface area (Å²) in [4.78, 5) is 17.0. The third-order valence-electron chi connectivity index (χ3n) is 5.53. The first kappa shape index (κ1) is 16.0. The first-order valence-corrected chi connectivity index (χ1v) is 10.5. The SMILES string of the molecule is CS(=O)(=O)N1C[C@H](NC(=O)c2cnc3c(c2)CCC3)[C@@H](C2CC2)C1. The zero-order valence-corrected chi connectivity index (χ0v) is 14.7. The van der Waals surface area contributed by atoms with Crippen molar-refractivity contribution in [3.63, 3.8) is 0 Å². The maximum absolute atomic E-state index is 12.6. The molecular weight excluding hydrogens is 326 g/mol. The van der Waals surface area contributed by atoms with Gasteiger partial charge in [-0.25, -0.2) is 8.42 Å². The van der Waals surface area contributed by atoms with E-state index in [2.05, 4.69) is 10.3 Å². The molecule has 6 nitrogen and oxygen atoms in total. The molecule has 2 heterocycles. The van der Waals surface area contributed by atoms with Crippen LogP contribution in [0.5, 0.6) is 0 Å². The number of rotatable bonds is 4. The number of nitrogens with one attached hydrogen (secondary N) is 1. The van der Waals surface area contributed by atoms with Gasteiger partial charge in [-0.3, -0.25) is 9.78 Å². The number of pyridine rings is 1. The van der Waals surface area contributed by atoms with Crippen molar-refractivity contribution in [1.29, 1.82) is 0 Å². The highest BCUT2D eigenvalue weighted by Crippen LogP contribution is 2.42. The molecule has 3 aliphatic rings. The van der Waals surface area contributed by atoms with Gasteiger partial charge in [0.15, 0.2) is 0 Å². The number of hydrogen-bond acceptors (Lipinski definition) is 4. The Kier molecular flexibility index (Phi) is 3.88. The van der Waals surface area contributed by atoms with Gasteiger partial charge in [-0.15, -0.1) is 0 Å². The Hall–Kier alpha value is -1.47. The quantitative estimate of drug-likeness (QED) is 0.878. The number of fused-ring (bicyclic) bond motifs is 1. The fourth-order valence-electron chi connectivity index (χ4n) is 4.02. The monoisotopic (exact) mass is 349 g/mol. The largest absolute Gasteiger partial charge is 0.348 e. The molecule has 1 aromatic rings. The van der Waals surface area contributed by atoms with E-state index in [1.807, 2.05) is 6.07 Å². The molecule has 1 amide bonds. The van der Waals surface area contributed by atoms with Gasteiger partial charge in [0.1, 0.15) is 0 Å². The number of carbonyl (C=O) groups excluding carboxylic acids is 1. The third kappa shape index (κ3) is 3.07. The van der Waals surface area contributed by atoms with Crippen LogP contribution >= 0.6 is 0 Å². The molecule has 0 radical (unpaired) electrons. The van der Waals surface area contributed by atoms with Crippen LogP contribution in [0.25, 0.3) is 0 Å². The van der Waals surface area contributed by atoms with E-state index < -0.39 is 10.0 Å². The van der Waals surface area contributed by atoms with Gasteiger partial charge < -0.3 is 5.32 Å². The van der Waals surface area contributed by atoms with Gasteiger partial charge in [0.2, 0.25) is 10.0 Å². The van der Waals surface area contributed by atoms with Gasteiger partial charge in [-0.05, 0) is 55.6 Å². The molecule has 4 rings (SSSR count). The van der Waals surface area contributed by atoms with Crippen molar-refractivity contribution in [2.75, 3.05) is 19.3 Å². The van der Waals surface area contributed by atoms with Gasteiger partial charge in [-0.1, -0.05) is 0 Å². The predicted molar refractivity (Wildman–Crippen MR) is 90.1 cm³/mol. The topological polar surface area (TPSA) is 79.4 Å². The summed E-state index contributed by atoms with van der Waals surface area (Å²) in [5.74, 6) is 0.634. The number of nitrogens with zero attached hydrogens (tertiary/aromatic N) is 2. The Morgan fingerprint density at radius 2 is 2.08 bits per heavy atom. The maximum Gasteiger partial charge on any atom is 0.253 e. The molecule has 0 spiro atoms. The molecule has 24 heavy (non-hydrogen) atoms. The highest BCUT2D eigenvalue weighted by atomic mass is 32.2. The third-order valence-corrected chi connectivity index (χ3v) is 6.76. The number of sulfonamides is 1. The van der Waals surface area contributed by atoms with Crippen molar-refractivity contribution in [2.45, 2.75) is 38.1 Å². The number of aryl methyl sites for hydroxylation is 2. The molecule has 7 heteroatoms. The van der Waals surface area contributed by atoms with Crippen molar-refractivity contribution in [2.24, 2.45) is 11.8 Å². The van der Waals surface area contributed by atoms with Crippen LogP contribution in [0.1, 0.15) is 40.9 Å². The van der Waals surface area contributed by atoms with Gasteiger partial charge in [-0.2, -0.15) is 4.31 Å². The van der Waals surface area contributed by atoms with Crippen LogP contribution < -0.4 is 5.32 Å². The van der Waals surface area contributed by atoms with E-state index in [0.717, 1.165) is 37.8 Å². The summed E-state index contributed by atoms with van der Waals surface area (Å²) in [5.41, 5.74) is 2.86. The molecule has 1 N–H and O–H groups in total. The average molecular weight is 349 g/mol. The molecule has 2 fully saturated rings. The first-order valence-electron chi connectivity index (χ1n) is 8.65. The fraction of sp³-hybridized carbons (Fsp3) is 0.647. The summed E-state index contributed by atoms with van der Waals surface area (Å²) in [6, 6.07) is 1.84. The van der Waals surface area contributed by atoms with Crippen LogP contribution in [0.15, 0.2) is 12.3 Å². The van der Waals surface area contributed by atoms with E-state index in [-0.39, 0.29) is 17.9 Å². The lowest BCUT2D eigenvalue weighted by Crippen LogP contribution is -2.41. The Morgan fingerprint density at radius 1 is 1.29 bits per heavy atom. The van der Waals surface area contributed by atoms with E-state index in [4.69, 9.17) is 0 Å². The van der Waals surface area contributed by atoms with E-state index in [1.54, 1.807) is 6.20 Å². The fourth-order valence-corrected chi connectivity index (χ4v) is 4.89. The van der Waals surface area contributed by atoms with Gasteiger partial charge in [0.25, 0.3) is 5.91 Å². The maximum atomic E-state index is 12.6. The summed E-state index contributed by atoms with van der Waals surface area (Å²) in [6.45, 7) is 0.904. The van der Waals surface area contributed by atoms with Crippen molar-refractivity contribution in [3.05, 3.63) is 29.1 Å². The molecule has 0 aromatic carbocycles. The Bertz CT molecular complexity index is 773. The highest BCUT2D eigenvalue weighted by Gasteiger charge is 2.45. The number of hydrogen-bond donors (Lipinski definition) is 1.